The predicted molar refractivity (Wildman–Crippen MR) is 69.0 cm³/mol. The quantitative estimate of drug-likeness (QED) is 0.861. The smallest absolute Gasteiger partial charge is 0.303 e. The molecule has 0 aromatic heterocycles. The van der Waals surface area contributed by atoms with E-state index in [9.17, 15) is 4.79 Å². The van der Waals surface area contributed by atoms with E-state index in [1.54, 1.807) is 0 Å². The maximum absolute atomic E-state index is 10.7. The molecule has 0 bridgehead atoms. The van der Waals surface area contributed by atoms with E-state index in [-0.39, 0.29) is 6.42 Å². The Morgan fingerprint density at radius 2 is 2.18 bits per heavy atom. The molecule has 2 rings (SSSR count). The summed E-state index contributed by atoms with van der Waals surface area (Å²) in [6.07, 6.45) is 5.31. The molecule has 1 aliphatic carbocycles. The van der Waals surface area contributed by atoms with Gasteiger partial charge in [0.15, 0.2) is 0 Å². The second kappa shape index (κ2) is 4.74. The minimum atomic E-state index is -0.708. The molecule has 17 heavy (non-hydrogen) atoms. The first-order valence-corrected chi connectivity index (χ1v) is 6.08. The SMILES string of the molecule is Cc1ccc2c(c1)C=C[C@H](C)[C@H]2CCC(=O)O. The zero-order valence-corrected chi connectivity index (χ0v) is 10.3. The maximum atomic E-state index is 10.7. The van der Waals surface area contributed by atoms with Crippen LogP contribution in [0.1, 0.15) is 42.4 Å². The van der Waals surface area contributed by atoms with Crippen molar-refractivity contribution in [3.05, 3.63) is 41.0 Å². The molecule has 2 atom stereocenters. The Morgan fingerprint density at radius 3 is 2.88 bits per heavy atom. The number of benzene rings is 1. The molecule has 0 saturated carbocycles. The molecule has 1 aromatic rings. The Kier molecular flexibility index (Phi) is 3.32. The van der Waals surface area contributed by atoms with Gasteiger partial charge in [-0.25, -0.2) is 0 Å². The van der Waals surface area contributed by atoms with Gasteiger partial charge in [-0.3, -0.25) is 4.79 Å². The first-order valence-electron chi connectivity index (χ1n) is 6.08. The third-order valence-corrected chi connectivity index (χ3v) is 3.52. The molecule has 0 amide bonds. The van der Waals surface area contributed by atoms with Crippen molar-refractivity contribution in [2.24, 2.45) is 5.92 Å². The van der Waals surface area contributed by atoms with Crippen molar-refractivity contribution in [3.8, 4) is 0 Å². The average molecular weight is 230 g/mol. The van der Waals surface area contributed by atoms with Crippen LogP contribution < -0.4 is 0 Å². The second-order valence-electron chi connectivity index (χ2n) is 4.89. The summed E-state index contributed by atoms with van der Waals surface area (Å²) >= 11 is 0. The fourth-order valence-corrected chi connectivity index (χ4v) is 2.55. The summed E-state index contributed by atoms with van der Waals surface area (Å²) in [7, 11) is 0. The van der Waals surface area contributed by atoms with Gasteiger partial charge in [-0.1, -0.05) is 42.8 Å². The van der Waals surface area contributed by atoms with Crippen LogP contribution in [0, 0.1) is 12.8 Å². The van der Waals surface area contributed by atoms with Crippen molar-refractivity contribution in [1.82, 2.24) is 0 Å². The summed E-state index contributed by atoms with van der Waals surface area (Å²) in [5.41, 5.74) is 3.80. The van der Waals surface area contributed by atoms with Crippen molar-refractivity contribution in [3.63, 3.8) is 0 Å². The monoisotopic (exact) mass is 230 g/mol. The summed E-state index contributed by atoms with van der Waals surface area (Å²) in [4.78, 5) is 10.7. The predicted octanol–water partition coefficient (Wildman–Crippen LogP) is 3.61. The average Bonchev–Trinajstić information content (AvgIpc) is 2.27. The Balaban J connectivity index is 2.27. The topological polar surface area (TPSA) is 37.3 Å². The van der Waals surface area contributed by atoms with Crippen molar-refractivity contribution >= 4 is 12.0 Å². The number of carboxylic acids is 1. The van der Waals surface area contributed by atoms with Crippen LogP contribution in [0.3, 0.4) is 0 Å². The lowest BCUT2D eigenvalue weighted by molar-refractivity contribution is -0.137. The van der Waals surface area contributed by atoms with E-state index in [0.29, 0.717) is 11.8 Å². The van der Waals surface area contributed by atoms with E-state index < -0.39 is 5.97 Å². The highest BCUT2D eigenvalue weighted by Gasteiger charge is 2.23. The number of hydrogen-bond acceptors (Lipinski definition) is 1. The summed E-state index contributed by atoms with van der Waals surface area (Å²) in [6, 6.07) is 6.43. The van der Waals surface area contributed by atoms with Crippen LogP contribution >= 0.6 is 0 Å². The zero-order valence-electron chi connectivity index (χ0n) is 10.3. The normalized spacial score (nSPS) is 22.2. The van der Waals surface area contributed by atoms with Gasteiger partial charge in [-0.2, -0.15) is 0 Å². The van der Waals surface area contributed by atoms with Crippen LogP contribution in [0.2, 0.25) is 0 Å². The van der Waals surface area contributed by atoms with E-state index >= 15 is 0 Å². The molecule has 1 aromatic carbocycles. The highest BCUT2D eigenvalue weighted by molar-refractivity contribution is 5.67. The standard InChI is InChI=1S/C15H18O2/c1-10-3-6-14-12(9-10)5-4-11(2)13(14)7-8-15(16)17/h3-6,9,11,13H,7-8H2,1-2H3,(H,16,17)/t11-,13+/m0/s1. The Hall–Kier alpha value is -1.57. The van der Waals surface area contributed by atoms with E-state index in [1.165, 1.54) is 16.7 Å². The van der Waals surface area contributed by atoms with Gasteiger partial charge in [-0.05, 0) is 36.3 Å². The number of fused-ring (bicyclic) bond motifs is 1. The molecule has 0 unspecified atom stereocenters. The van der Waals surface area contributed by atoms with Crippen molar-refractivity contribution in [2.45, 2.75) is 32.6 Å². The fourth-order valence-electron chi connectivity index (χ4n) is 2.55. The van der Waals surface area contributed by atoms with Crippen LogP contribution in [-0.2, 0) is 4.79 Å². The van der Waals surface area contributed by atoms with Crippen LogP contribution in [-0.4, -0.2) is 11.1 Å². The Labute approximate surface area is 102 Å². The molecule has 0 fully saturated rings. The number of carboxylic acid groups (broad SMARTS) is 1. The number of aryl methyl sites for hydroxylation is 1. The fraction of sp³-hybridized carbons (Fsp3) is 0.400. The summed E-state index contributed by atoms with van der Waals surface area (Å²) in [5.74, 6) is 0.0525. The lowest BCUT2D eigenvalue weighted by atomic mass is 9.77. The Morgan fingerprint density at radius 1 is 1.41 bits per heavy atom. The van der Waals surface area contributed by atoms with Crippen molar-refractivity contribution in [2.75, 3.05) is 0 Å². The molecule has 0 spiro atoms. The first-order chi connectivity index (χ1) is 8.08. The molecule has 90 valence electrons. The molecule has 0 radical (unpaired) electrons. The van der Waals surface area contributed by atoms with Gasteiger partial charge in [0.2, 0.25) is 0 Å². The minimum absolute atomic E-state index is 0.246. The molecule has 1 N–H and O–H groups in total. The zero-order chi connectivity index (χ0) is 12.4. The lowest BCUT2D eigenvalue weighted by Gasteiger charge is -2.27. The van der Waals surface area contributed by atoms with Gasteiger partial charge in [0, 0.05) is 6.42 Å². The number of allylic oxidation sites excluding steroid dienone is 1. The summed E-state index contributed by atoms with van der Waals surface area (Å²) in [5, 5.41) is 8.80. The van der Waals surface area contributed by atoms with Crippen LogP contribution in [0.15, 0.2) is 24.3 Å². The summed E-state index contributed by atoms with van der Waals surface area (Å²) in [6.45, 7) is 4.24. The van der Waals surface area contributed by atoms with E-state index in [2.05, 4.69) is 44.2 Å². The van der Waals surface area contributed by atoms with Crippen molar-refractivity contribution in [1.29, 1.82) is 0 Å². The van der Waals surface area contributed by atoms with Gasteiger partial charge in [0.25, 0.3) is 0 Å². The largest absolute Gasteiger partial charge is 0.481 e. The first kappa shape index (κ1) is 11.9. The Bertz CT molecular complexity index is 460. The van der Waals surface area contributed by atoms with E-state index in [0.717, 1.165) is 6.42 Å². The lowest BCUT2D eigenvalue weighted by Crippen LogP contribution is -2.14. The molecule has 1 aliphatic rings. The molecular formula is C15H18O2. The van der Waals surface area contributed by atoms with Crippen LogP contribution in [0.4, 0.5) is 0 Å². The third-order valence-electron chi connectivity index (χ3n) is 3.52. The molecule has 2 heteroatoms. The number of rotatable bonds is 3. The van der Waals surface area contributed by atoms with Gasteiger partial charge >= 0.3 is 5.97 Å². The van der Waals surface area contributed by atoms with Gasteiger partial charge in [0.05, 0.1) is 0 Å². The number of aliphatic carboxylic acids is 1. The number of carbonyl (C=O) groups is 1. The van der Waals surface area contributed by atoms with E-state index in [4.69, 9.17) is 5.11 Å². The molecule has 0 aliphatic heterocycles. The molecule has 2 nitrogen and oxygen atoms in total. The second-order valence-corrected chi connectivity index (χ2v) is 4.89. The third kappa shape index (κ3) is 2.57. The highest BCUT2D eigenvalue weighted by atomic mass is 16.4. The number of hydrogen-bond donors (Lipinski definition) is 1. The molecule has 0 saturated heterocycles. The molecule has 0 heterocycles. The van der Waals surface area contributed by atoms with Crippen LogP contribution in [0.25, 0.3) is 6.08 Å². The van der Waals surface area contributed by atoms with Gasteiger partial charge in [0.1, 0.15) is 0 Å². The maximum Gasteiger partial charge on any atom is 0.303 e. The van der Waals surface area contributed by atoms with Crippen molar-refractivity contribution < 1.29 is 9.90 Å². The highest BCUT2D eigenvalue weighted by Crippen LogP contribution is 2.37. The molecular weight excluding hydrogens is 212 g/mol. The minimum Gasteiger partial charge on any atom is -0.481 e. The summed E-state index contributed by atoms with van der Waals surface area (Å²) < 4.78 is 0. The van der Waals surface area contributed by atoms with Gasteiger partial charge < -0.3 is 5.11 Å². The van der Waals surface area contributed by atoms with Crippen LogP contribution in [0.5, 0.6) is 0 Å². The van der Waals surface area contributed by atoms with Gasteiger partial charge in [-0.15, -0.1) is 0 Å². The van der Waals surface area contributed by atoms with E-state index in [1.807, 2.05) is 0 Å².